The van der Waals surface area contributed by atoms with Crippen molar-refractivity contribution in [1.29, 1.82) is 0 Å². The monoisotopic (exact) mass is 310 g/mol. The number of sulfone groups is 1. The molecule has 2 aromatic rings. The van der Waals surface area contributed by atoms with Crippen LogP contribution in [0.4, 0.5) is 10.1 Å². The fourth-order valence-electron chi connectivity index (χ4n) is 1.80. The molecule has 1 amide bonds. The zero-order valence-electron chi connectivity index (χ0n) is 10.6. The third-order valence-electron chi connectivity index (χ3n) is 2.81. The average Bonchev–Trinajstić information content (AvgIpc) is 2.46. The van der Waals surface area contributed by atoms with Crippen LogP contribution in [0.25, 0.3) is 0 Å². The van der Waals surface area contributed by atoms with Crippen LogP contribution >= 0.6 is 0 Å². The summed E-state index contributed by atoms with van der Waals surface area (Å²) in [5, 5.41) is 8.61. The van der Waals surface area contributed by atoms with Gasteiger partial charge in [-0.2, -0.15) is 0 Å². The quantitative estimate of drug-likeness (QED) is 0.450. The first-order valence-corrected chi connectivity index (χ1v) is 7.20. The van der Waals surface area contributed by atoms with Crippen LogP contribution in [0, 0.1) is 5.82 Å². The lowest BCUT2D eigenvalue weighted by molar-refractivity contribution is 0.0707. The Morgan fingerprint density at radius 3 is 2.48 bits per heavy atom. The van der Waals surface area contributed by atoms with Crippen LogP contribution in [-0.4, -0.2) is 19.5 Å². The van der Waals surface area contributed by atoms with Crippen LogP contribution in [0.15, 0.2) is 52.3 Å². The van der Waals surface area contributed by atoms with Gasteiger partial charge in [0.15, 0.2) is 0 Å². The molecule has 0 atom stereocenters. The molecule has 21 heavy (non-hydrogen) atoms. The number of halogens is 1. The Labute approximate surface area is 119 Å². The molecule has 8 heteroatoms. The standard InChI is InChI=1S/C13H11FN2O4S/c14-8-3-1-4-9(7-8)21(19,20)11-6-2-5-10(12(11)15)13(17)16-18/h1-7,18H,15H2,(H,16,17). The summed E-state index contributed by atoms with van der Waals surface area (Å²) in [4.78, 5) is 10.8. The number of carbonyl (C=O) groups excluding carboxylic acids is 1. The van der Waals surface area contributed by atoms with Gasteiger partial charge in [0.1, 0.15) is 5.82 Å². The minimum Gasteiger partial charge on any atom is -0.397 e. The number of amides is 1. The molecule has 6 nitrogen and oxygen atoms in total. The van der Waals surface area contributed by atoms with E-state index in [0.717, 1.165) is 12.1 Å². The van der Waals surface area contributed by atoms with E-state index in [9.17, 15) is 17.6 Å². The summed E-state index contributed by atoms with van der Waals surface area (Å²) < 4.78 is 38.0. The van der Waals surface area contributed by atoms with Crippen molar-refractivity contribution >= 4 is 21.4 Å². The van der Waals surface area contributed by atoms with E-state index in [1.807, 2.05) is 0 Å². The van der Waals surface area contributed by atoms with E-state index >= 15 is 0 Å². The lowest BCUT2D eigenvalue weighted by atomic mass is 10.2. The van der Waals surface area contributed by atoms with Crippen molar-refractivity contribution in [3.8, 4) is 0 Å². The van der Waals surface area contributed by atoms with Gasteiger partial charge in [-0.15, -0.1) is 0 Å². The highest BCUT2D eigenvalue weighted by atomic mass is 32.2. The second kappa shape index (κ2) is 5.51. The fraction of sp³-hybridized carbons (Fsp3) is 0. The fourth-order valence-corrected chi connectivity index (χ4v) is 3.23. The van der Waals surface area contributed by atoms with E-state index in [4.69, 9.17) is 10.9 Å². The Balaban J connectivity index is 2.64. The van der Waals surface area contributed by atoms with Gasteiger partial charge in [0.2, 0.25) is 9.84 Å². The molecule has 0 bridgehead atoms. The Hall–Kier alpha value is -2.45. The molecule has 0 fully saturated rings. The maximum Gasteiger partial charge on any atom is 0.276 e. The lowest BCUT2D eigenvalue weighted by Gasteiger charge is -2.10. The molecule has 0 unspecified atom stereocenters. The molecule has 0 aliphatic rings. The summed E-state index contributed by atoms with van der Waals surface area (Å²) in [5.74, 6) is -1.65. The molecule has 0 saturated carbocycles. The van der Waals surface area contributed by atoms with Crippen molar-refractivity contribution in [2.45, 2.75) is 9.79 Å². The number of nitrogens with two attached hydrogens (primary N) is 1. The van der Waals surface area contributed by atoms with Crippen molar-refractivity contribution in [2.75, 3.05) is 5.73 Å². The summed E-state index contributed by atoms with van der Waals surface area (Å²) in [6.45, 7) is 0. The Bertz CT molecular complexity index is 806. The molecular formula is C13H11FN2O4S. The summed E-state index contributed by atoms with van der Waals surface area (Å²) in [6.07, 6.45) is 0. The molecule has 0 aliphatic carbocycles. The third kappa shape index (κ3) is 2.71. The maximum atomic E-state index is 13.2. The van der Waals surface area contributed by atoms with Crippen molar-refractivity contribution in [3.05, 3.63) is 53.8 Å². The number of para-hydroxylation sites is 1. The number of hydrogen-bond acceptors (Lipinski definition) is 5. The van der Waals surface area contributed by atoms with Gasteiger partial charge in [-0.1, -0.05) is 12.1 Å². The first-order valence-electron chi connectivity index (χ1n) is 5.71. The highest BCUT2D eigenvalue weighted by Crippen LogP contribution is 2.28. The van der Waals surface area contributed by atoms with Gasteiger partial charge in [-0.25, -0.2) is 18.3 Å². The highest BCUT2D eigenvalue weighted by molar-refractivity contribution is 7.91. The SMILES string of the molecule is Nc1c(C(=O)NO)cccc1S(=O)(=O)c1cccc(F)c1. The predicted octanol–water partition coefficient (Wildman–Crippen LogP) is 1.36. The second-order valence-electron chi connectivity index (χ2n) is 4.12. The minimum atomic E-state index is -4.08. The molecule has 2 aromatic carbocycles. The Morgan fingerprint density at radius 2 is 1.86 bits per heavy atom. The zero-order chi connectivity index (χ0) is 15.6. The van der Waals surface area contributed by atoms with Crippen LogP contribution in [0.5, 0.6) is 0 Å². The van der Waals surface area contributed by atoms with Crippen LogP contribution in [-0.2, 0) is 9.84 Å². The van der Waals surface area contributed by atoms with E-state index in [-0.39, 0.29) is 21.0 Å². The van der Waals surface area contributed by atoms with Gasteiger partial charge in [-0.05, 0) is 30.3 Å². The van der Waals surface area contributed by atoms with E-state index in [1.165, 1.54) is 35.8 Å². The van der Waals surface area contributed by atoms with E-state index in [0.29, 0.717) is 0 Å². The van der Waals surface area contributed by atoms with Crippen molar-refractivity contribution in [2.24, 2.45) is 0 Å². The molecule has 0 radical (unpaired) electrons. The van der Waals surface area contributed by atoms with Crippen LogP contribution in [0.1, 0.15) is 10.4 Å². The number of carbonyl (C=O) groups is 1. The van der Waals surface area contributed by atoms with Crippen molar-refractivity contribution in [1.82, 2.24) is 5.48 Å². The van der Waals surface area contributed by atoms with Crippen LogP contribution in [0.2, 0.25) is 0 Å². The van der Waals surface area contributed by atoms with Gasteiger partial charge >= 0.3 is 0 Å². The van der Waals surface area contributed by atoms with Gasteiger partial charge in [0, 0.05) is 0 Å². The van der Waals surface area contributed by atoms with Crippen molar-refractivity contribution < 1.29 is 22.8 Å². The van der Waals surface area contributed by atoms with Gasteiger partial charge < -0.3 is 5.73 Å². The maximum absolute atomic E-state index is 13.2. The van der Waals surface area contributed by atoms with E-state index in [2.05, 4.69) is 0 Å². The zero-order valence-corrected chi connectivity index (χ0v) is 11.4. The summed E-state index contributed by atoms with van der Waals surface area (Å²) in [5.41, 5.74) is 6.53. The summed E-state index contributed by atoms with van der Waals surface area (Å²) >= 11 is 0. The van der Waals surface area contributed by atoms with Crippen LogP contribution in [0.3, 0.4) is 0 Å². The summed E-state index contributed by atoms with van der Waals surface area (Å²) in [7, 11) is -4.08. The van der Waals surface area contributed by atoms with Crippen LogP contribution < -0.4 is 11.2 Å². The smallest absolute Gasteiger partial charge is 0.276 e. The first-order chi connectivity index (χ1) is 9.87. The molecule has 2 rings (SSSR count). The number of benzene rings is 2. The Kier molecular flexibility index (Phi) is 3.92. The molecule has 0 saturated heterocycles. The average molecular weight is 310 g/mol. The molecule has 4 N–H and O–H groups in total. The van der Waals surface area contributed by atoms with E-state index in [1.54, 1.807) is 0 Å². The number of rotatable bonds is 3. The summed E-state index contributed by atoms with van der Waals surface area (Å²) in [6, 6.07) is 8.19. The van der Waals surface area contributed by atoms with E-state index < -0.39 is 21.6 Å². The number of nitrogens with one attached hydrogen (secondary N) is 1. The molecule has 110 valence electrons. The molecule has 0 heterocycles. The second-order valence-corrected chi connectivity index (χ2v) is 6.04. The number of nitrogen functional groups attached to an aromatic ring is 1. The van der Waals surface area contributed by atoms with Gasteiger partial charge in [0.25, 0.3) is 5.91 Å². The van der Waals surface area contributed by atoms with Gasteiger partial charge in [0.05, 0.1) is 21.0 Å². The number of anilines is 1. The minimum absolute atomic E-state index is 0.199. The molecule has 0 spiro atoms. The molecule has 0 aromatic heterocycles. The number of hydrogen-bond donors (Lipinski definition) is 3. The molecule has 0 aliphatic heterocycles. The Morgan fingerprint density at radius 1 is 1.19 bits per heavy atom. The first kappa shape index (κ1) is 14.9. The topological polar surface area (TPSA) is 109 Å². The lowest BCUT2D eigenvalue weighted by Crippen LogP contribution is -2.21. The third-order valence-corrected chi connectivity index (χ3v) is 4.62. The predicted molar refractivity (Wildman–Crippen MR) is 72.0 cm³/mol. The highest BCUT2D eigenvalue weighted by Gasteiger charge is 2.24. The molecular weight excluding hydrogens is 299 g/mol. The number of hydroxylamine groups is 1. The van der Waals surface area contributed by atoms with Gasteiger partial charge in [-0.3, -0.25) is 10.0 Å². The van der Waals surface area contributed by atoms with Crippen molar-refractivity contribution in [3.63, 3.8) is 0 Å². The largest absolute Gasteiger partial charge is 0.397 e. The normalized spacial score (nSPS) is 11.1.